The Bertz CT molecular complexity index is 470. The number of halogens is 1. The first-order chi connectivity index (χ1) is 10.2. The van der Waals surface area contributed by atoms with Crippen LogP contribution in [0, 0.1) is 6.92 Å². The van der Waals surface area contributed by atoms with Crippen molar-refractivity contribution in [3.8, 4) is 5.75 Å². The molecule has 124 valence electrons. The monoisotopic (exact) mass is 325 g/mol. The van der Waals surface area contributed by atoms with E-state index in [1.54, 1.807) is 0 Å². The number of likely N-dealkylation sites (tertiary alicyclic amines) is 1. The largest absolute Gasteiger partial charge is 0.494 e. The Morgan fingerprint density at radius 2 is 1.95 bits per heavy atom. The molecular formula is C18H28ClNO2. The van der Waals surface area contributed by atoms with Gasteiger partial charge in [0.2, 0.25) is 0 Å². The van der Waals surface area contributed by atoms with E-state index in [0.29, 0.717) is 6.42 Å². The van der Waals surface area contributed by atoms with E-state index in [1.165, 1.54) is 19.3 Å². The van der Waals surface area contributed by atoms with Crippen LogP contribution < -0.4 is 4.74 Å². The van der Waals surface area contributed by atoms with Crippen LogP contribution in [0.3, 0.4) is 0 Å². The lowest BCUT2D eigenvalue weighted by Gasteiger charge is -2.26. The summed E-state index contributed by atoms with van der Waals surface area (Å²) in [5.41, 5.74) is 1.86. The third-order valence-electron chi connectivity index (χ3n) is 4.07. The molecule has 0 unspecified atom stereocenters. The number of Topliss-reactive ketones (excluding diaryl/α,β-unsaturated/α-hetero) is 1. The van der Waals surface area contributed by atoms with Crippen LogP contribution >= 0.6 is 12.4 Å². The minimum atomic E-state index is 0. The highest BCUT2D eigenvalue weighted by atomic mass is 35.5. The molecule has 0 atom stereocenters. The molecule has 0 radical (unpaired) electrons. The number of aryl methyl sites for hydroxylation is 1. The molecule has 3 nitrogen and oxygen atoms in total. The second-order valence-corrected chi connectivity index (χ2v) is 5.90. The molecule has 1 aliphatic rings. The fraction of sp³-hybridized carbons (Fsp3) is 0.611. The fourth-order valence-electron chi connectivity index (χ4n) is 2.84. The van der Waals surface area contributed by atoms with Crippen molar-refractivity contribution in [3.05, 3.63) is 29.3 Å². The lowest BCUT2D eigenvalue weighted by atomic mass is 10.0. The average molecular weight is 326 g/mol. The van der Waals surface area contributed by atoms with E-state index in [2.05, 4.69) is 11.8 Å². The fourth-order valence-corrected chi connectivity index (χ4v) is 2.84. The predicted octanol–water partition coefficient (Wildman–Crippen LogP) is 4.26. The summed E-state index contributed by atoms with van der Waals surface area (Å²) < 4.78 is 5.61. The summed E-state index contributed by atoms with van der Waals surface area (Å²) in [7, 11) is 0. The number of hydrogen-bond acceptors (Lipinski definition) is 3. The van der Waals surface area contributed by atoms with Gasteiger partial charge in [0.15, 0.2) is 5.78 Å². The van der Waals surface area contributed by atoms with Crippen molar-refractivity contribution in [2.45, 2.75) is 46.0 Å². The van der Waals surface area contributed by atoms with Gasteiger partial charge < -0.3 is 9.64 Å². The van der Waals surface area contributed by atoms with E-state index in [9.17, 15) is 4.79 Å². The molecule has 0 amide bonds. The van der Waals surface area contributed by atoms with Gasteiger partial charge in [0.25, 0.3) is 0 Å². The van der Waals surface area contributed by atoms with E-state index < -0.39 is 0 Å². The van der Waals surface area contributed by atoms with Crippen molar-refractivity contribution in [2.75, 3.05) is 26.2 Å². The van der Waals surface area contributed by atoms with Crippen LogP contribution in [0.15, 0.2) is 18.2 Å². The number of ether oxygens (including phenoxy) is 1. The van der Waals surface area contributed by atoms with Gasteiger partial charge in [-0.1, -0.05) is 13.3 Å². The Hall–Kier alpha value is -1.06. The third kappa shape index (κ3) is 5.62. The zero-order chi connectivity index (χ0) is 15.1. The molecule has 1 fully saturated rings. The molecule has 0 saturated carbocycles. The van der Waals surface area contributed by atoms with E-state index in [4.69, 9.17) is 4.74 Å². The van der Waals surface area contributed by atoms with Gasteiger partial charge in [-0.25, -0.2) is 0 Å². The molecule has 0 aromatic heterocycles. The highest BCUT2D eigenvalue weighted by molar-refractivity contribution is 5.97. The molecule has 1 aromatic rings. The Morgan fingerprint density at radius 1 is 1.23 bits per heavy atom. The number of hydrogen-bond donors (Lipinski definition) is 0. The van der Waals surface area contributed by atoms with Crippen LogP contribution in [0.5, 0.6) is 5.75 Å². The Morgan fingerprint density at radius 3 is 2.59 bits per heavy atom. The second kappa shape index (κ2) is 9.86. The lowest BCUT2D eigenvalue weighted by Crippen LogP contribution is -2.31. The summed E-state index contributed by atoms with van der Waals surface area (Å²) in [5, 5.41) is 0. The van der Waals surface area contributed by atoms with Gasteiger partial charge in [0, 0.05) is 18.5 Å². The SMILES string of the molecule is CCCOc1ccc(C(=O)CCN2CCCCC2)c(C)c1.Cl. The molecule has 0 aliphatic carbocycles. The summed E-state index contributed by atoms with van der Waals surface area (Å²) in [6, 6.07) is 5.80. The van der Waals surface area contributed by atoms with Gasteiger partial charge in [-0.2, -0.15) is 0 Å². The van der Waals surface area contributed by atoms with Crippen LogP contribution in [0.4, 0.5) is 0 Å². The molecule has 1 aromatic carbocycles. The first kappa shape index (κ1) is 19.0. The van der Waals surface area contributed by atoms with Crippen molar-refractivity contribution < 1.29 is 9.53 Å². The molecule has 1 heterocycles. The van der Waals surface area contributed by atoms with Crippen LogP contribution in [0.25, 0.3) is 0 Å². The standard InChI is InChI=1S/C18H27NO2.ClH/c1-3-13-21-16-7-8-17(15(2)14-16)18(20)9-12-19-10-5-4-6-11-19;/h7-8,14H,3-6,9-13H2,1-2H3;1H. The normalized spacial score (nSPS) is 15.2. The molecule has 0 bridgehead atoms. The first-order valence-electron chi connectivity index (χ1n) is 8.19. The van der Waals surface area contributed by atoms with Crippen molar-refractivity contribution in [1.82, 2.24) is 4.90 Å². The van der Waals surface area contributed by atoms with Gasteiger partial charge in [-0.05, 0) is 63.0 Å². The Balaban J connectivity index is 0.00000242. The zero-order valence-electron chi connectivity index (χ0n) is 13.8. The van der Waals surface area contributed by atoms with E-state index in [1.807, 2.05) is 25.1 Å². The van der Waals surface area contributed by atoms with Crippen LogP contribution in [0.2, 0.25) is 0 Å². The van der Waals surface area contributed by atoms with Crippen LogP contribution in [-0.2, 0) is 0 Å². The minimum Gasteiger partial charge on any atom is -0.494 e. The summed E-state index contributed by atoms with van der Waals surface area (Å²) in [5.74, 6) is 1.11. The molecule has 0 spiro atoms. The number of rotatable bonds is 7. The van der Waals surface area contributed by atoms with E-state index in [-0.39, 0.29) is 18.2 Å². The quantitative estimate of drug-likeness (QED) is 0.701. The zero-order valence-corrected chi connectivity index (χ0v) is 14.6. The highest BCUT2D eigenvalue weighted by Gasteiger charge is 2.14. The maximum absolute atomic E-state index is 12.4. The molecule has 4 heteroatoms. The third-order valence-corrected chi connectivity index (χ3v) is 4.07. The highest BCUT2D eigenvalue weighted by Crippen LogP contribution is 2.19. The topological polar surface area (TPSA) is 29.5 Å². The van der Waals surface area contributed by atoms with Crippen LogP contribution in [-0.4, -0.2) is 36.9 Å². The molecule has 2 rings (SSSR count). The molecule has 1 saturated heterocycles. The van der Waals surface area contributed by atoms with Gasteiger partial charge in [-0.3, -0.25) is 4.79 Å². The van der Waals surface area contributed by atoms with Gasteiger partial charge >= 0.3 is 0 Å². The Kier molecular flexibility index (Phi) is 8.51. The van der Waals surface area contributed by atoms with Crippen molar-refractivity contribution >= 4 is 18.2 Å². The maximum Gasteiger partial charge on any atom is 0.164 e. The van der Waals surface area contributed by atoms with Crippen molar-refractivity contribution in [1.29, 1.82) is 0 Å². The summed E-state index contributed by atoms with van der Waals surface area (Å²) >= 11 is 0. The van der Waals surface area contributed by atoms with E-state index >= 15 is 0 Å². The van der Waals surface area contributed by atoms with Gasteiger partial charge in [0.1, 0.15) is 5.75 Å². The predicted molar refractivity (Wildman–Crippen MR) is 93.5 cm³/mol. The summed E-state index contributed by atoms with van der Waals surface area (Å²) in [4.78, 5) is 14.8. The summed E-state index contributed by atoms with van der Waals surface area (Å²) in [6.07, 6.45) is 5.50. The number of benzene rings is 1. The number of nitrogens with zero attached hydrogens (tertiary/aromatic N) is 1. The molecule has 1 aliphatic heterocycles. The van der Waals surface area contributed by atoms with E-state index in [0.717, 1.165) is 49.5 Å². The minimum absolute atomic E-state index is 0. The lowest BCUT2D eigenvalue weighted by molar-refractivity contribution is 0.0958. The second-order valence-electron chi connectivity index (χ2n) is 5.90. The van der Waals surface area contributed by atoms with Gasteiger partial charge in [-0.15, -0.1) is 12.4 Å². The number of ketones is 1. The first-order valence-corrected chi connectivity index (χ1v) is 8.19. The number of piperidine rings is 1. The molecule has 0 N–H and O–H groups in total. The Labute approximate surface area is 140 Å². The summed E-state index contributed by atoms with van der Waals surface area (Å²) in [6.45, 7) is 8.00. The molecule has 22 heavy (non-hydrogen) atoms. The smallest absolute Gasteiger partial charge is 0.164 e. The molecular weight excluding hydrogens is 298 g/mol. The maximum atomic E-state index is 12.4. The number of carbonyl (C=O) groups excluding carboxylic acids is 1. The van der Waals surface area contributed by atoms with Gasteiger partial charge in [0.05, 0.1) is 6.61 Å². The average Bonchev–Trinajstić information content (AvgIpc) is 2.51. The van der Waals surface area contributed by atoms with Crippen molar-refractivity contribution in [2.24, 2.45) is 0 Å². The number of carbonyl (C=O) groups is 1. The van der Waals surface area contributed by atoms with Crippen LogP contribution in [0.1, 0.15) is 54.9 Å². The van der Waals surface area contributed by atoms with Crippen molar-refractivity contribution in [3.63, 3.8) is 0 Å².